The number of amides is 3. The van der Waals surface area contributed by atoms with Crippen LogP contribution < -0.4 is 16.0 Å². The summed E-state index contributed by atoms with van der Waals surface area (Å²) in [7, 11) is 1.29. The number of methoxy groups -OCH3 is 1. The molecular formula is C47H63N5O6. The fourth-order valence-corrected chi connectivity index (χ4v) is 6.74. The quantitative estimate of drug-likeness (QED) is 0.0384. The van der Waals surface area contributed by atoms with E-state index in [1.54, 1.807) is 59.6 Å². The van der Waals surface area contributed by atoms with Gasteiger partial charge in [0.1, 0.15) is 12.8 Å². The molecule has 0 aliphatic rings. The van der Waals surface area contributed by atoms with E-state index in [0.29, 0.717) is 35.7 Å². The maximum atomic E-state index is 13.6. The molecule has 11 heteroatoms. The number of nitrogens with one attached hydrogen (secondary N) is 3. The number of aromatic nitrogens is 2. The number of anilines is 2. The summed E-state index contributed by atoms with van der Waals surface area (Å²) in [6, 6.07) is 21.8. The molecular weight excluding hydrogens is 731 g/mol. The number of unbranched alkanes of at least 4 members (excludes halogenated alkanes) is 14. The number of nitrogens with zero attached hydrogens (tertiary/aromatic N) is 2. The van der Waals surface area contributed by atoms with Gasteiger partial charge in [0.25, 0.3) is 5.91 Å². The molecule has 0 saturated heterocycles. The second-order valence-electron chi connectivity index (χ2n) is 15.0. The van der Waals surface area contributed by atoms with Crippen molar-refractivity contribution < 1.29 is 28.7 Å². The summed E-state index contributed by atoms with van der Waals surface area (Å²) < 4.78 is 12.4. The monoisotopic (exact) mass is 793 g/mol. The smallest absolute Gasteiger partial charge is 0.337 e. The summed E-state index contributed by atoms with van der Waals surface area (Å²) in [6.45, 7) is 2.95. The molecule has 0 radical (unpaired) electrons. The lowest BCUT2D eigenvalue weighted by Gasteiger charge is -2.18. The maximum Gasteiger partial charge on any atom is 0.337 e. The van der Waals surface area contributed by atoms with Gasteiger partial charge in [-0.3, -0.25) is 14.4 Å². The summed E-state index contributed by atoms with van der Waals surface area (Å²) in [6.07, 6.45) is 23.1. The summed E-state index contributed by atoms with van der Waals surface area (Å²) in [5.41, 5.74) is 3.19. The van der Waals surface area contributed by atoms with Gasteiger partial charge in [0, 0.05) is 36.0 Å². The highest BCUT2D eigenvalue weighted by Crippen LogP contribution is 2.17. The lowest BCUT2D eigenvalue weighted by molar-refractivity contribution is -0.118. The molecule has 0 spiro atoms. The van der Waals surface area contributed by atoms with Crippen LogP contribution in [0.15, 0.2) is 91.4 Å². The van der Waals surface area contributed by atoms with E-state index in [2.05, 4.69) is 27.9 Å². The molecule has 0 aliphatic heterocycles. The molecule has 4 aromatic rings. The van der Waals surface area contributed by atoms with Crippen LogP contribution in [0.4, 0.5) is 11.4 Å². The molecule has 0 unspecified atom stereocenters. The maximum absolute atomic E-state index is 13.6. The predicted molar refractivity (Wildman–Crippen MR) is 229 cm³/mol. The average molecular weight is 794 g/mol. The number of benzene rings is 3. The normalized spacial score (nSPS) is 11.5. The molecule has 312 valence electrons. The van der Waals surface area contributed by atoms with Crippen LogP contribution >= 0.6 is 0 Å². The van der Waals surface area contributed by atoms with Gasteiger partial charge in [0.2, 0.25) is 11.8 Å². The molecule has 0 fully saturated rings. The van der Waals surface area contributed by atoms with Crippen molar-refractivity contribution >= 4 is 35.1 Å². The highest BCUT2D eigenvalue weighted by Gasteiger charge is 2.24. The van der Waals surface area contributed by atoms with Gasteiger partial charge >= 0.3 is 5.97 Å². The largest absolute Gasteiger partial charge is 0.465 e. The number of hydrogen-bond donors (Lipinski definition) is 3. The lowest BCUT2D eigenvalue weighted by Crippen LogP contribution is -2.45. The standard InChI is InChI=1S/C47H63N5O6/c1-3-4-5-6-7-8-9-10-11-12-13-14-15-16-20-26-44(53)49-40-29-27-38(28-30-40)45(54)51-43(46(55)50-41-25-21-24-39(31-41)47(56)57-2)32-42-33-52(35-48-42)36-58-34-37-22-18-17-19-23-37/h17-19,21-25,27-31,33,35,43H,3-16,20,26,32,34,36H2,1-2H3,(H,49,53)(H,50,55)(H,51,54)/t43-/m0/s1. The van der Waals surface area contributed by atoms with Crippen LogP contribution in [0.25, 0.3) is 0 Å². The van der Waals surface area contributed by atoms with Gasteiger partial charge in [-0.15, -0.1) is 0 Å². The zero-order valence-corrected chi connectivity index (χ0v) is 34.5. The molecule has 4 rings (SSSR count). The Morgan fingerprint density at radius 1 is 0.690 bits per heavy atom. The van der Waals surface area contributed by atoms with Gasteiger partial charge in [-0.2, -0.15) is 0 Å². The van der Waals surface area contributed by atoms with Crippen molar-refractivity contribution in [1.29, 1.82) is 0 Å². The first-order chi connectivity index (χ1) is 28.3. The number of carbonyl (C=O) groups excluding carboxylic acids is 4. The highest BCUT2D eigenvalue weighted by atomic mass is 16.5. The van der Waals surface area contributed by atoms with Crippen LogP contribution in [0.5, 0.6) is 0 Å². The second kappa shape index (κ2) is 26.6. The van der Waals surface area contributed by atoms with E-state index in [-0.39, 0.29) is 24.6 Å². The molecule has 0 saturated carbocycles. The molecule has 1 aromatic heterocycles. The Morgan fingerprint density at radius 2 is 1.33 bits per heavy atom. The van der Waals surface area contributed by atoms with Crippen LogP contribution in [0.2, 0.25) is 0 Å². The van der Waals surface area contributed by atoms with Gasteiger partial charge < -0.3 is 30.0 Å². The lowest BCUT2D eigenvalue weighted by atomic mass is 10.0. The van der Waals surface area contributed by atoms with Crippen molar-refractivity contribution in [3.8, 4) is 0 Å². The van der Waals surface area contributed by atoms with E-state index in [1.807, 2.05) is 30.3 Å². The molecule has 0 bridgehead atoms. The molecule has 3 amide bonds. The van der Waals surface area contributed by atoms with Crippen LogP contribution in [-0.4, -0.2) is 46.4 Å². The fourth-order valence-electron chi connectivity index (χ4n) is 6.74. The number of imidazole rings is 1. The number of esters is 1. The first kappa shape index (κ1) is 45.4. The SMILES string of the molecule is CCCCCCCCCCCCCCCCCC(=O)Nc1ccc(C(=O)N[C@@H](Cc2cn(COCc3ccccc3)cn2)C(=O)Nc2cccc(C(=O)OC)c2)cc1. The summed E-state index contributed by atoms with van der Waals surface area (Å²) in [5, 5.41) is 8.58. The average Bonchev–Trinajstić information content (AvgIpc) is 3.69. The van der Waals surface area contributed by atoms with Crippen LogP contribution in [0.3, 0.4) is 0 Å². The van der Waals surface area contributed by atoms with Gasteiger partial charge in [-0.25, -0.2) is 9.78 Å². The molecule has 58 heavy (non-hydrogen) atoms. The Hall–Kier alpha value is -5.29. The van der Waals surface area contributed by atoms with Crippen LogP contribution in [0.1, 0.15) is 142 Å². The van der Waals surface area contributed by atoms with Crippen molar-refractivity contribution in [3.05, 3.63) is 114 Å². The van der Waals surface area contributed by atoms with Crippen molar-refractivity contribution in [2.45, 2.75) is 135 Å². The first-order valence-corrected chi connectivity index (χ1v) is 21.2. The Labute approximate surface area is 344 Å². The van der Waals surface area contributed by atoms with Crippen molar-refractivity contribution in [3.63, 3.8) is 0 Å². The summed E-state index contributed by atoms with van der Waals surface area (Å²) in [5.74, 6) is -1.55. The van der Waals surface area contributed by atoms with E-state index in [0.717, 1.165) is 24.8 Å². The van der Waals surface area contributed by atoms with Gasteiger partial charge in [-0.1, -0.05) is 133 Å². The van der Waals surface area contributed by atoms with Crippen LogP contribution in [-0.2, 0) is 38.8 Å². The van der Waals surface area contributed by atoms with Crippen LogP contribution in [0, 0.1) is 0 Å². The number of rotatable bonds is 28. The van der Waals surface area contributed by atoms with Gasteiger partial charge in [-0.05, 0) is 54.4 Å². The van der Waals surface area contributed by atoms with E-state index in [4.69, 9.17) is 9.47 Å². The second-order valence-corrected chi connectivity index (χ2v) is 15.0. The topological polar surface area (TPSA) is 141 Å². The number of carbonyl (C=O) groups is 4. The minimum atomic E-state index is -1.02. The Morgan fingerprint density at radius 3 is 1.97 bits per heavy atom. The van der Waals surface area contributed by atoms with E-state index in [9.17, 15) is 19.2 Å². The third-order valence-corrected chi connectivity index (χ3v) is 10.1. The van der Waals surface area contributed by atoms with Gasteiger partial charge in [0.05, 0.1) is 31.3 Å². The molecule has 1 atom stereocenters. The molecule has 0 aliphatic carbocycles. The minimum absolute atomic E-state index is 0.0511. The van der Waals surface area contributed by atoms with E-state index in [1.165, 1.54) is 90.2 Å². The third kappa shape index (κ3) is 17.5. The Bertz CT molecular complexity index is 1810. The highest BCUT2D eigenvalue weighted by molar-refractivity contribution is 6.02. The zero-order chi connectivity index (χ0) is 41.2. The third-order valence-electron chi connectivity index (χ3n) is 10.1. The number of hydrogen-bond acceptors (Lipinski definition) is 7. The molecule has 3 aromatic carbocycles. The minimum Gasteiger partial charge on any atom is -0.465 e. The van der Waals surface area contributed by atoms with Crippen molar-refractivity contribution in [2.24, 2.45) is 0 Å². The van der Waals surface area contributed by atoms with E-state index >= 15 is 0 Å². The molecule has 3 N–H and O–H groups in total. The zero-order valence-electron chi connectivity index (χ0n) is 34.5. The number of ether oxygens (including phenoxy) is 2. The first-order valence-electron chi connectivity index (χ1n) is 21.2. The molecule has 11 nitrogen and oxygen atoms in total. The Kier molecular flexibility index (Phi) is 20.8. The molecule has 1 heterocycles. The van der Waals surface area contributed by atoms with Crippen molar-refractivity contribution in [2.75, 3.05) is 17.7 Å². The predicted octanol–water partition coefficient (Wildman–Crippen LogP) is 10.0. The Balaban J connectivity index is 1.22. The fraction of sp³-hybridized carbons (Fsp3) is 0.468. The van der Waals surface area contributed by atoms with E-state index < -0.39 is 23.8 Å². The summed E-state index contributed by atoms with van der Waals surface area (Å²) in [4.78, 5) is 56.3. The van der Waals surface area contributed by atoms with Crippen molar-refractivity contribution in [1.82, 2.24) is 14.9 Å². The van der Waals surface area contributed by atoms with Gasteiger partial charge in [0.15, 0.2) is 0 Å². The summed E-state index contributed by atoms with van der Waals surface area (Å²) >= 11 is 0.